The van der Waals surface area contributed by atoms with Crippen LogP contribution in [0.1, 0.15) is 24.5 Å². The molecule has 2 heteroatoms. The van der Waals surface area contributed by atoms with Gasteiger partial charge in [-0.25, -0.2) is 0 Å². The van der Waals surface area contributed by atoms with Gasteiger partial charge in [0.1, 0.15) is 0 Å². The Balaban J connectivity index is 2.14. The van der Waals surface area contributed by atoms with Gasteiger partial charge < -0.3 is 10.4 Å². The third-order valence-electron chi connectivity index (χ3n) is 3.69. The van der Waals surface area contributed by atoms with E-state index in [0.717, 1.165) is 13.0 Å². The fourth-order valence-corrected chi connectivity index (χ4v) is 2.35. The topological polar surface area (TPSA) is 32.3 Å². The minimum atomic E-state index is 0.178. The van der Waals surface area contributed by atoms with Gasteiger partial charge in [0.05, 0.1) is 6.61 Å². The first-order valence-electron chi connectivity index (χ1n) is 7.23. The van der Waals surface area contributed by atoms with Gasteiger partial charge in [0, 0.05) is 12.6 Å². The Morgan fingerprint density at radius 2 is 1.90 bits per heavy atom. The molecule has 2 nitrogen and oxygen atoms in total. The molecule has 0 aliphatic rings. The summed E-state index contributed by atoms with van der Waals surface area (Å²) in [6, 6.07) is 17.2. The predicted molar refractivity (Wildman–Crippen MR) is 84.6 cm³/mol. The second-order valence-electron chi connectivity index (χ2n) is 5.18. The maximum absolute atomic E-state index is 9.21. The largest absolute Gasteiger partial charge is 0.395 e. The summed E-state index contributed by atoms with van der Waals surface area (Å²) in [5.74, 6) is 0. The van der Waals surface area contributed by atoms with Gasteiger partial charge in [0.2, 0.25) is 0 Å². The van der Waals surface area contributed by atoms with E-state index in [1.165, 1.54) is 22.3 Å². The number of nitrogens with one attached hydrogen (secondary N) is 1. The summed E-state index contributed by atoms with van der Waals surface area (Å²) < 4.78 is 0. The molecule has 0 saturated heterocycles. The molecule has 106 valence electrons. The van der Waals surface area contributed by atoms with Crippen LogP contribution in [0.4, 0.5) is 0 Å². The smallest absolute Gasteiger partial charge is 0.0584 e. The van der Waals surface area contributed by atoms with Gasteiger partial charge in [-0.05, 0) is 41.7 Å². The number of aliphatic hydroxyl groups excluding tert-OH is 1. The third kappa shape index (κ3) is 3.69. The van der Waals surface area contributed by atoms with Crippen LogP contribution in [0.15, 0.2) is 48.5 Å². The van der Waals surface area contributed by atoms with E-state index in [4.69, 9.17) is 0 Å². The van der Waals surface area contributed by atoms with Gasteiger partial charge in [-0.2, -0.15) is 0 Å². The Morgan fingerprint density at radius 3 is 2.60 bits per heavy atom. The van der Waals surface area contributed by atoms with Gasteiger partial charge in [-0.15, -0.1) is 0 Å². The van der Waals surface area contributed by atoms with Crippen LogP contribution in [0.5, 0.6) is 0 Å². The third-order valence-corrected chi connectivity index (χ3v) is 3.69. The highest BCUT2D eigenvalue weighted by atomic mass is 16.3. The van der Waals surface area contributed by atoms with Crippen LogP contribution in [0.25, 0.3) is 11.1 Å². The number of benzene rings is 2. The molecule has 0 aliphatic heterocycles. The highest BCUT2D eigenvalue weighted by molar-refractivity contribution is 5.67. The molecule has 2 N–H and O–H groups in total. The zero-order valence-corrected chi connectivity index (χ0v) is 12.3. The van der Waals surface area contributed by atoms with Crippen molar-refractivity contribution in [2.24, 2.45) is 0 Å². The lowest BCUT2D eigenvalue weighted by Gasteiger charge is -2.14. The van der Waals surface area contributed by atoms with Crippen LogP contribution in [0.3, 0.4) is 0 Å². The van der Waals surface area contributed by atoms with E-state index in [1.54, 1.807) is 0 Å². The Hall–Kier alpha value is -1.64. The monoisotopic (exact) mass is 269 g/mol. The number of rotatable bonds is 6. The molecule has 0 heterocycles. The zero-order valence-electron chi connectivity index (χ0n) is 12.3. The lowest BCUT2D eigenvalue weighted by atomic mass is 9.99. The van der Waals surface area contributed by atoms with Crippen molar-refractivity contribution in [2.75, 3.05) is 6.61 Å². The summed E-state index contributed by atoms with van der Waals surface area (Å²) in [6.07, 6.45) is 0.938. The first kappa shape index (κ1) is 14.8. The molecule has 0 bridgehead atoms. The van der Waals surface area contributed by atoms with Gasteiger partial charge in [0.15, 0.2) is 0 Å². The average molecular weight is 269 g/mol. The second-order valence-corrected chi connectivity index (χ2v) is 5.18. The minimum Gasteiger partial charge on any atom is -0.395 e. The van der Waals surface area contributed by atoms with Crippen LogP contribution in [-0.2, 0) is 6.54 Å². The molecule has 20 heavy (non-hydrogen) atoms. The highest BCUT2D eigenvalue weighted by Crippen LogP contribution is 2.23. The molecule has 0 spiro atoms. The summed E-state index contributed by atoms with van der Waals surface area (Å²) in [6.45, 7) is 5.20. The predicted octanol–water partition coefficient (Wildman–Crippen LogP) is 3.52. The van der Waals surface area contributed by atoms with Crippen molar-refractivity contribution in [1.82, 2.24) is 5.32 Å². The Bertz CT molecular complexity index is 547. The molecule has 0 radical (unpaired) electrons. The zero-order chi connectivity index (χ0) is 14.4. The second kappa shape index (κ2) is 7.22. The molecular weight excluding hydrogens is 246 g/mol. The quantitative estimate of drug-likeness (QED) is 0.841. The van der Waals surface area contributed by atoms with E-state index >= 15 is 0 Å². The minimum absolute atomic E-state index is 0.178. The van der Waals surface area contributed by atoms with Crippen molar-refractivity contribution >= 4 is 0 Å². The van der Waals surface area contributed by atoms with E-state index in [0.29, 0.717) is 0 Å². The maximum atomic E-state index is 9.21. The first-order valence-corrected chi connectivity index (χ1v) is 7.23. The van der Waals surface area contributed by atoms with Crippen LogP contribution in [0.2, 0.25) is 0 Å². The molecule has 2 aromatic rings. The van der Waals surface area contributed by atoms with Gasteiger partial charge >= 0.3 is 0 Å². The summed E-state index contributed by atoms with van der Waals surface area (Å²) in [4.78, 5) is 0. The fourth-order valence-electron chi connectivity index (χ4n) is 2.35. The molecule has 2 rings (SSSR count). The van der Waals surface area contributed by atoms with Gasteiger partial charge in [0.25, 0.3) is 0 Å². The van der Waals surface area contributed by atoms with E-state index in [9.17, 15) is 5.11 Å². The Morgan fingerprint density at radius 1 is 1.10 bits per heavy atom. The van der Waals surface area contributed by atoms with Crippen molar-refractivity contribution < 1.29 is 5.11 Å². The molecule has 0 saturated carbocycles. The SMILES string of the molecule is CCC(CO)NCc1cccc(-c2ccccc2C)c1. The van der Waals surface area contributed by atoms with Gasteiger partial charge in [-0.3, -0.25) is 0 Å². The molecule has 1 atom stereocenters. The van der Waals surface area contributed by atoms with Crippen molar-refractivity contribution in [3.63, 3.8) is 0 Å². The molecule has 1 unspecified atom stereocenters. The first-order chi connectivity index (χ1) is 9.74. The molecule has 2 aromatic carbocycles. The fraction of sp³-hybridized carbons (Fsp3) is 0.333. The molecular formula is C18H23NO. The van der Waals surface area contributed by atoms with Crippen LogP contribution in [0, 0.1) is 6.92 Å². The number of hydrogen-bond donors (Lipinski definition) is 2. The Kier molecular flexibility index (Phi) is 5.33. The van der Waals surface area contributed by atoms with Crippen LogP contribution < -0.4 is 5.32 Å². The number of hydrogen-bond acceptors (Lipinski definition) is 2. The summed E-state index contributed by atoms with van der Waals surface area (Å²) in [5.41, 5.74) is 5.07. The number of aliphatic hydroxyl groups is 1. The summed E-state index contributed by atoms with van der Waals surface area (Å²) in [5, 5.41) is 12.6. The Labute approximate surface area is 121 Å². The molecule has 0 fully saturated rings. The highest BCUT2D eigenvalue weighted by Gasteiger charge is 2.05. The molecule has 0 aliphatic carbocycles. The molecule has 0 aromatic heterocycles. The van der Waals surface area contributed by atoms with Crippen molar-refractivity contribution in [3.8, 4) is 11.1 Å². The van der Waals surface area contributed by atoms with Crippen molar-refractivity contribution in [2.45, 2.75) is 32.9 Å². The average Bonchev–Trinajstić information content (AvgIpc) is 2.49. The number of aryl methyl sites for hydroxylation is 1. The lowest BCUT2D eigenvalue weighted by molar-refractivity contribution is 0.238. The van der Waals surface area contributed by atoms with Crippen molar-refractivity contribution in [1.29, 1.82) is 0 Å². The van der Waals surface area contributed by atoms with Gasteiger partial charge in [-0.1, -0.05) is 49.4 Å². The van der Waals surface area contributed by atoms with E-state index in [2.05, 4.69) is 67.7 Å². The van der Waals surface area contributed by atoms with Crippen LogP contribution >= 0.6 is 0 Å². The normalized spacial score (nSPS) is 12.3. The summed E-state index contributed by atoms with van der Waals surface area (Å²) >= 11 is 0. The summed E-state index contributed by atoms with van der Waals surface area (Å²) in [7, 11) is 0. The standard InChI is InChI=1S/C18H23NO/c1-3-17(13-20)19-12-15-8-6-9-16(11-15)18-10-5-4-7-14(18)2/h4-11,17,19-20H,3,12-13H2,1-2H3. The maximum Gasteiger partial charge on any atom is 0.0584 e. The van der Waals surface area contributed by atoms with Crippen LogP contribution in [-0.4, -0.2) is 17.8 Å². The van der Waals surface area contributed by atoms with E-state index in [1.807, 2.05) is 0 Å². The van der Waals surface area contributed by atoms with Crippen molar-refractivity contribution in [3.05, 3.63) is 59.7 Å². The van der Waals surface area contributed by atoms with E-state index < -0.39 is 0 Å². The van der Waals surface area contributed by atoms with E-state index in [-0.39, 0.29) is 12.6 Å². The lowest BCUT2D eigenvalue weighted by Crippen LogP contribution is -2.31. The molecule has 0 amide bonds.